The van der Waals surface area contributed by atoms with Gasteiger partial charge in [-0.15, -0.1) is 10.2 Å². The van der Waals surface area contributed by atoms with E-state index in [4.69, 9.17) is 9.15 Å². The molecule has 2 aromatic heterocycles. The lowest BCUT2D eigenvalue weighted by Crippen LogP contribution is -1.99. The number of benzene rings is 2. The van der Waals surface area contributed by atoms with Crippen LogP contribution in [0.15, 0.2) is 81.0 Å². The highest BCUT2D eigenvalue weighted by atomic mass is 79.9. The number of halogens is 1. The second-order valence-electron chi connectivity index (χ2n) is 5.73. The van der Waals surface area contributed by atoms with Crippen molar-refractivity contribution < 1.29 is 9.15 Å². The van der Waals surface area contributed by atoms with Crippen molar-refractivity contribution in [2.45, 2.75) is 10.9 Å². The van der Waals surface area contributed by atoms with Crippen LogP contribution in [-0.2, 0) is 5.75 Å². The van der Waals surface area contributed by atoms with Gasteiger partial charge in [-0.2, -0.15) is 0 Å². The van der Waals surface area contributed by atoms with Gasteiger partial charge in [0.1, 0.15) is 5.75 Å². The van der Waals surface area contributed by atoms with E-state index in [0.29, 0.717) is 11.6 Å². The normalized spacial score (nSPS) is 10.9. The Kier molecular flexibility index (Phi) is 5.31. The number of thioether (sulfide) groups is 1. The van der Waals surface area contributed by atoms with E-state index < -0.39 is 0 Å². The van der Waals surface area contributed by atoms with E-state index in [-0.39, 0.29) is 0 Å². The highest BCUT2D eigenvalue weighted by molar-refractivity contribution is 9.10. The largest absolute Gasteiger partial charge is 0.497 e. The van der Waals surface area contributed by atoms with Gasteiger partial charge in [-0.05, 0) is 54.1 Å². The van der Waals surface area contributed by atoms with Gasteiger partial charge in [0, 0.05) is 10.2 Å². The fraction of sp³-hybridized carbons (Fsp3) is 0.100. The van der Waals surface area contributed by atoms with Gasteiger partial charge in [0.25, 0.3) is 0 Å². The summed E-state index contributed by atoms with van der Waals surface area (Å²) in [5.41, 5.74) is 2.16. The highest BCUT2D eigenvalue weighted by Gasteiger charge is 2.18. The smallest absolute Gasteiger partial charge is 0.205 e. The first kappa shape index (κ1) is 17.9. The summed E-state index contributed by atoms with van der Waals surface area (Å²) in [6.45, 7) is 0. The van der Waals surface area contributed by atoms with Crippen LogP contribution in [0.4, 0.5) is 0 Å². The first-order valence-corrected chi connectivity index (χ1v) is 10.0. The molecule has 0 N–H and O–H groups in total. The summed E-state index contributed by atoms with van der Waals surface area (Å²) in [6.07, 6.45) is 1.64. The van der Waals surface area contributed by atoms with Gasteiger partial charge in [0.05, 0.1) is 19.1 Å². The van der Waals surface area contributed by atoms with E-state index in [9.17, 15) is 0 Å². The Balaban J connectivity index is 1.69. The van der Waals surface area contributed by atoms with Gasteiger partial charge in [0.2, 0.25) is 5.82 Å². The average Bonchev–Trinajstić information content (AvgIpc) is 3.37. The summed E-state index contributed by atoms with van der Waals surface area (Å²) in [7, 11) is 1.65. The molecule has 0 radical (unpaired) electrons. The molecule has 0 spiro atoms. The SMILES string of the molecule is COc1ccc(-n2c(SCc3ccc(Br)cc3)nnc2-c2ccco2)cc1. The molecule has 0 amide bonds. The van der Waals surface area contributed by atoms with Gasteiger partial charge in [-0.3, -0.25) is 4.57 Å². The maximum Gasteiger partial charge on any atom is 0.205 e. The number of rotatable bonds is 6. The molecule has 2 aromatic carbocycles. The molecule has 0 bridgehead atoms. The lowest BCUT2D eigenvalue weighted by atomic mass is 10.2. The van der Waals surface area contributed by atoms with Crippen molar-refractivity contribution in [2.75, 3.05) is 7.11 Å². The molecule has 4 aromatic rings. The minimum Gasteiger partial charge on any atom is -0.497 e. The molecular weight excluding hydrogens is 426 g/mol. The van der Waals surface area contributed by atoms with Gasteiger partial charge < -0.3 is 9.15 Å². The molecule has 27 heavy (non-hydrogen) atoms. The van der Waals surface area contributed by atoms with Crippen LogP contribution in [0.3, 0.4) is 0 Å². The number of methoxy groups -OCH3 is 1. The number of nitrogens with zero attached hydrogens (tertiary/aromatic N) is 3. The predicted octanol–water partition coefficient (Wildman–Crippen LogP) is 5.59. The lowest BCUT2D eigenvalue weighted by Gasteiger charge is -2.10. The number of hydrogen-bond donors (Lipinski definition) is 0. The van der Waals surface area contributed by atoms with Crippen LogP contribution in [-0.4, -0.2) is 21.9 Å². The molecule has 2 heterocycles. The number of ether oxygens (including phenoxy) is 1. The van der Waals surface area contributed by atoms with Crippen molar-refractivity contribution in [1.29, 1.82) is 0 Å². The van der Waals surface area contributed by atoms with E-state index in [1.807, 2.05) is 53.1 Å². The lowest BCUT2D eigenvalue weighted by molar-refractivity contribution is 0.414. The van der Waals surface area contributed by atoms with Crippen molar-refractivity contribution in [3.8, 4) is 23.0 Å². The molecule has 136 valence electrons. The molecule has 0 unspecified atom stereocenters. The number of furan rings is 1. The van der Waals surface area contributed by atoms with Gasteiger partial charge in [-0.25, -0.2) is 0 Å². The summed E-state index contributed by atoms with van der Waals surface area (Å²) in [6, 6.07) is 19.8. The second kappa shape index (κ2) is 8.02. The Morgan fingerprint density at radius 3 is 2.48 bits per heavy atom. The van der Waals surface area contributed by atoms with Crippen LogP contribution < -0.4 is 4.74 Å². The first-order valence-electron chi connectivity index (χ1n) is 8.25. The van der Waals surface area contributed by atoms with E-state index in [1.165, 1.54) is 5.56 Å². The average molecular weight is 442 g/mol. The van der Waals surface area contributed by atoms with Crippen LogP contribution in [0.1, 0.15) is 5.56 Å². The minimum absolute atomic E-state index is 0.670. The molecule has 0 saturated carbocycles. The summed E-state index contributed by atoms with van der Waals surface area (Å²) in [4.78, 5) is 0. The Morgan fingerprint density at radius 2 is 1.81 bits per heavy atom. The quantitative estimate of drug-likeness (QED) is 0.365. The Labute approximate surface area is 169 Å². The second-order valence-corrected chi connectivity index (χ2v) is 7.59. The predicted molar refractivity (Wildman–Crippen MR) is 109 cm³/mol. The van der Waals surface area contributed by atoms with Crippen LogP contribution in [0.2, 0.25) is 0 Å². The van der Waals surface area contributed by atoms with Crippen LogP contribution in [0.5, 0.6) is 5.75 Å². The van der Waals surface area contributed by atoms with E-state index in [2.05, 4.69) is 38.3 Å². The number of aromatic nitrogens is 3. The third-order valence-electron chi connectivity index (χ3n) is 3.99. The van der Waals surface area contributed by atoms with Crippen molar-refractivity contribution in [3.05, 3.63) is 77.0 Å². The van der Waals surface area contributed by atoms with Crippen molar-refractivity contribution >= 4 is 27.7 Å². The molecule has 0 fully saturated rings. The third kappa shape index (κ3) is 3.94. The maximum absolute atomic E-state index is 5.55. The summed E-state index contributed by atoms with van der Waals surface area (Å²) < 4.78 is 13.9. The van der Waals surface area contributed by atoms with Gasteiger partial charge >= 0.3 is 0 Å². The standard InChI is InChI=1S/C20H16BrN3O2S/c1-25-17-10-8-16(9-11-17)24-19(18-3-2-12-26-18)22-23-20(24)27-13-14-4-6-15(21)7-5-14/h2-12H,13H2,1H3. The van der Waals surface area contributed by atoms with Gasteiger partial charge in [0.15, 0.2) is 10.9 Å². The molecule has 0 atom stereocenters. The monoisotopic (exact) mass is 441 g/mol. The Hall–Kier alpha value is -2.51. The summed E-state index contributed by atoms with van der Waals surface area (Å²) in [5.74, 6) is 2.94. The molecule has 7 heteroatoms. The first-order chi connectivity index (χ1) is 13.2. The van der Waals surface area contributed by atoms with Crippen molar-refractivity contribution in [3.63, 3.8) is 0 Å². The third-order valence-corrected chi connectivity index (χ3v) is 5.52. The minimum atomic E-state index is 0.670. The zero-order valence-electron chi connectivity index (χ0n) is 14.5. The van der Waals surface area contributed by atoms with E-state index in [1.54, 1.807) is 25.1 Å². The van der Waals surface area contributed by atoms with Crippen LogP contribution >= 0.6 is 27.7 Å². The summed E-state index contributed by atoms with van der Waals surface area (Å²) in [5, 5.41) is 9.56. The highest BCUT2D eigenvalue weighted by Crippen LogP contribution is 2.30. The molecule has 5 nitrogen and oxygen atoms in total. The van der Waals surface area contributed by atoms with E-state index in [0.717, 1.165) is 26.8 Å². The molecule has 0 saturated heterocycles. The van der Waals surface area contributed by atoms with Crippen LogP contribution in [0, 0.1) is 0 Å². The topological polar surface area (TPSA) is 53.1 Å². The van der Waals surface area contributed by atoms with Crippen molar-refractivity contribution in [1.82, 2.24) is 14.8 Å². The molecule has 0 aliphatic rings. The molecule has 0 aliphatic heterocycles. The van der Waals surface area contributed by atoms with Crippen LogP contribution in [0.25, 0.3) is 17.3 Å². The molecule has 4 rings (SSSR count). The summed E-state index contributed by atoms with van der Waals surface area (Å²) >= 11 is 5.10. The fourth-order valence-electron chi connectivity index (χ4n) is 2.62. The Bertz CT molecular complexity index is 1010. The molecular formula is C20H16BrN3O2S. The zero-order valence-corrected chi connectivity index (χ0v) is 16.9. The number of hydrogen-bond acceptors (Lipinski definition) is 5. The Morgan fingerprint density at radius 1 is 1.04 bits per heavy atom. The molecule has 0 aliphatic carbocycles. The van der Waals surface area contributed by atoms with E-state index >= 15 is 0 Å². The fourth-order valence-corrected chi connectivity index (χ4v) is 3.79. The van der Waals surface area contributed by atoms with Gasteiger partial charge in [-0.1, -0.05) is 39.8 Å². The maximum atomic E-state index is 5.55. The zero-order chi connectivity index (χ0) is 18.6. The van der Waals surface area contributed by atoms with Crippen molar-refractivity contribution in [2.24, 2.45) is 0 Å².